The number of hydrogen-bond donors (Lipinski definition) is 2. The molecule has 0 amide bonds. The number of fused-ring (bicyclic) bond motifs is 1. The molecule has 1 fully saturated rings. The molecule has 5 heteroatoms. The lowest BCUT2D eigenvalue weighted by atomic mass is 10.1. The van der Waals surface area contributed by atoms with Crippen molar-refractivity contribution in [1.29, 1.82) is 0 Å². The molecule has 0 unspecified atom stereocenters. The number of rotatable bonds is 3. The van der Waals surface area contributed by atoms with Crippen molar-refractivity contribution in [3.63, 3.8) is 0 Å². The van der Waals surface area contributed by atoms with E-state index in [1.54, 1.807) is 18.5 Å². The smallest absolute Gasteiger partial charge is 0.200 e. The number of nitrogens with one attached hydrogen (secondary N) is 1. The van der Waals surface area contributed by atoms with Gasteiger partial charge in [0.1, 0.15) is 0 Å². The average molecular weight is 281 g/mol. The van der Waals surface area contributed by atoms with Gasteiger partial charge in [0.2, 0.25) is 5.88 Å². The van der Waals surface area contributed by atoms with Gasteiger partial charge in [0.15, 0.2) is 17.3 Å². The molecule has 1 aliphatic carbocycles. The van der Waals surface area contributed by atoms with Gasteiger partial charge in [-0.1, -0.05) is 0 Å². The molecule has 3 heterocycles. The second-order valence-electron chi connectivity index (χ2n) is 5.42. The van der Waals surface area contributed by atoms with Crippen molar-refractivity contribution < 1.29 is 9.52 Å². The van der Waals surface area contributed by atoms with Crippen molar-refractivity contribution in [3.8, 4) is 5.75 Å². The molecular formula is C16H15N3O2. The molecule has 2 aromatic rings. The number of aromatic hydroxyl groups is 1. The number of anilines is 1. The molecule has 1 aliphatic heterocycles. The van der Waals surface area contributed by atoms with Gasteiger partial charge in [-0.05, 0) is 38.0 Å². The summed E-state index contributed by atoms with van der Waals surface area (Å²) in [7, 11) is 0. The van der Waals surface area contributed by atoms with Crippen LogP contribution in [0, 0.1) is 6.92 Å². The van der Waals surface area contributed by atoms with Crippen molar-refractivity contribution in [2.24, 2.45) is 4.99 Å². The van der Waals surface area contributed by atoms with Crippen LogP contribution in [-0.4, -0.2) is 22.3 Å². The highest BCUT2D eigenvalue weighted by Gasteiger charge is 2.25. The van der Waals surface area contributed by atoms with E-state index in [-0.39, 0.29) is 5.75 Å². The SMILES string of the molecule is Cc1c(NC2CC2)oc(C=C2C=Nc3ncccc32)c1O. The number of aliphatic imine (C=N–C) groups is 1. The van der Waals surface area contributed by atoms with Crippen molar-refractivity contribution in [2.45, 2.75) is 25.8 Å². The van der Waals surface area contributed by atoms with Crippen LogP contribution in [-0.2, 0) is 0 Å². The Bertz CT molecular complexity index is 770. The predicted molar refractivity (Wildman–Crippen MR) is 82.0 cm³/mol. The third-order valence-electron chi connectivity index (χ3n) is 3.76. The molecule has 0 aromatic carbocycles. The van der Waals surface area contributed by atoms with E-state index in [1.807, 2.05) is 19.1 Å². The summed E-state index contributed by atoms with van der Waals surface area (Å²) in [6.07, 6.45) is 7.57. The fourth-order valence-electron chi connectivity index (χ4n) is 2.36. The Kier molecular flexibility index (Phi) is 2.60. The summed E-state index contributed by atoms with van der Waals surface area (Å²) in [5.41, 5.74) is 2.58. The summed E-state index contributed by atoms with van der Waals surface area (Å²) in [6, 6.07) is 4.30. The first-order valence-corrected chi connectivity index (χ1v) is 7.02. The highest BCUT2D eigenvalue weighted by molar-refractivity contribution is 6.20. The van der Waals surface area contributed by atoms with Crippen LogP contribution >= 0.6 is 0 Å². The van der Waals surface area contributed by atoms with E-state index >= 15 is 0 Å². The molecule has 2 aliphatic rings. The van der Waals surface area contributed by atoms with Crippen LogP contribution in [0.4, 0.5) is 11.7 Å². The Morgan fingerprint density at radius 3 is 3.10 bits per heavy atom. The Labute approximate surface area is 122 Å². The van der Waals surface area contributed by atoms with Crippen LogP contribution in [0.25, 0.3) is 11.6 Å². The van der Waals surface area contributed by atoms with Gasteiger partial charge in [-0.25, -0.2) is 9.98 Å². The fraction of sp³-hybridized carbons (Fsp3) is 0.250. The fourth-order valence-corrected chi connectivity index (χ4v) is 2.36. The molecule has 5 nitrogen and oxygen atoms in total. The van der Waals surface area contributed by atoms with Gasteiger partial charge in [0, 0.05) is 29.6 Å². The van der Waals surface area contributed by atoms with E-state index in [1.165, 1.54) is 0 Å². The zero-order chi connectivity index (χ0) is 14.4. The van der Waals surface area contributed by atoms with Crippen molar-refractivity contribution in [3.05, 3.63) is 35.2 Å². The first-order valence-electron chi connectivity index (χ1n) is 7.02. The van der Waals surface area contributed by atoms with Gasteiger partial charge in [-0.15, -0.1) is 0 Å². The van der Waals surface area contributed by atoms with Crippen molar-refractivity contribution >= 4 is 29.6 Å². The Morgan fingerprint density at radius 1 is 1.43 bits per heavy atom. The highest BCUT2D eigenvalue weighted by atomic mass is 16.4. The van der Waals surface area contributed by atoms with Gasteiger partial charge >= 0.3 is 0 Å². The second-order valence-corrected chi connectivity index (χ2v) is 5.42. The van der Waals surface area contributed by atoms with Gasteiger partial charge in [-0.2, -0.15) is 0 Å². The molecule has 106 valence electrons. The van der Waals surface area contributed by atoms with Crippen LogP contribution in [0.1, 0.15) is 29.7 Å². The standard InChI is InChI=1S/C16H15N3O2/c1-9-14(20)13(21-16(9)19-11-4-5-11)7-10-8-18-15-12(10)3-2-6-17-15/h2-3,6-8,11,19-20H,4-5H2,1H3. The van der Waals surface area contributed by atoms with E-state index in [0.29, 0.717) is 23.5 Å². The number of aromatic nitrogens is 1. The monoisotopic (exact) mass is 281 g/mol. The number of hydrogen-bond acceptors (Lipinski definition) is 5. The summed E-state index contributed by atoms with van der Waals surface area (Å²) in [4.78, 5) is 8.45. The number of pyridine rings is 1. The maximum atomic E-state index is 10.2. The largest absolute Gasteiger partial charge is 0.504 e. The zero-order valence-electron chi connectivity index (χ0n) is 11.6. The summed E-state index contributed by atoms with van der Waals surface area (Å²) >= 11 is 0. The predicted octanol–water partition coefficient (Wildman–Crippen LogP) is 3.52. The minimum atomic E-state index is 0.177. The molecular weight excluding hydrogens is 266 g/mol. The molecule has 0 bridgehead atoms. The third kappa shape index (κ3) is 2.11. The normalized spacial score (nSPS) is 18.2. The molecule has 0 radical (unpaired) electrons. The number of allylic oxidation sites excluding steroid dienone is 1. The Hall–Kier alpha value is -2.56. The van der Waals surface area contributed by atoms with E-state index in [9.17, 15) is 5.11 Å². The molecule has 2 N–H and O–H groups in total. The molecule has 21 heavy (non-hydrogen) atoms. The van der Waals surface area contributed by atoms with Crippen molar-refractivity contribution in [2.75, 3.05) is 5.32 Å². The maximum absolute atomic E-state index is 10.2. The summed E-state index contributed by atoms with van der Waals surface area (Å²) in [5, 5.41) is 13.5. The first-order chi connectivity index (χ1) is 10.2. The van der Waals surface area contributed by atoms with Crippen LogP contribution < -0.4 is 5.32 Å². The zero-order valence-corrected chi connectivity index (χ0v) is 11.6. The number of nitrogens with zero attached hydrogens (tertiary/aromatic N) is 2. The van der Waals surface area contributed by atoms with E-state index < -0.39 is 0 Å². The van der Waals surface area contributed by atoms with Crippen LogP contribution in [0.3, 0.4) is 0 Å². The lowest BCUT2D eigenvalue weighted by molar-refractivity contribution is 0.453. The quantitative estimate of drug-likeness (QED) is 0.903. The van der Waals surface area contributed by atoms with Crippen LogP contribution in [0.15, 0.2) is 27.7 Å². The van der Waals surface area contributed by atoms with Crippen molar-refractivity contribution in [1.82, 2.24) is 4.98 Å². The van der Waals surface area contributed by atoms with Gasteiger partial charge in [0.05, 0.1) is 5.56 Å². The van der Waals surface area contributed by atoms with Gasteiger partial charge < -0.3 is 14.8 Å². The lowest BCUT2D eigenvalue weighted by Gasteiger charge is -1.99. The topological polar surface area (TPSA) is 70.7 Å². The van der Waals surface area contributed by atoms with Crippen LogP contribution in [0.5, 0.6) is 5.75 Å². The third-order valence-corrected chi connectivity index (χ3v) is 3.76. The molecule has 1 saturated carbocycles. The van der Waals surface area contributed by atoms with E-state index in [0.717, 1.165) is 29.5 Å². The Morgan fingerprint density at radius 2 is 2.29 bits per heavy atom. The average Bonchev–Trinajstić information content (AvgIpc) is 3.17. The summed E-state index contributed by atoms with van der Waals surface area (Å²) in [6.45, 7) is 1.85. The first kappa shape index (κ1) is 12.2. The van der Waals surface area contributed by atoms with E-state index in [4.69, 9.17) is 4.42 Å². The molecule has 0 atom stereocenters. The molecule has 4 rings (SSSR count). The van der Waals surface area contributed by atoms with Crippen LogP contribution in [0.2, 0.25) is 0 Å². The molecule has 0 saturated heterocycles. The summed E-state index contributed by atoms with van der Waals surface area (Å²) in [5.74, 6) is 1.98. The number of furan rings is 1. The second kappa shape index (κ2) is 4.48. The minimum absolute atomic E-state index is 0.177. The Balaban J connectivity index is 1.71. The molecule has 2 aromatic heterocycles. The minimum Gasteiger partial charge on any atom is -0.504 e. The highest BCUT2D eigenvalue weighted by Crippen LogP contribution is 2.38. The van der Waals surface area contributed by atoms with E-state index in [2.05, 4.69) is 15.3 Å². The lowest BCUT2D eigenvalue weighted by Crippen LogP contribution is -2.00. The maximum Gasteiger partial charge on any atom is 0.200 e. The molecule has 0 spiro atoms. The van der Waals surface area contributed by atoms with Gasteiger partial charge in [-0.3, -0.25) is 0 Å². The van der Waals surface area contributed by atoms with Gasteiger partial charge in [0.25, 0.3) is 0 Å². The summed E-state index contributed by atoms with van der Waals surface area (Å²) < 4.78 is 5.75.